The smallest absolute Gasteiger partial charge is 0.279 e. The van der Waals surface area contributed by atoms with E-state index in [2.05, 4.69) is 9.71 Å². The van der Waals surface area contributed by atoms with Crippen molar-refractivity contribution in [2.45, 2.75) is 26.3 Å². The van der Waals surface area contributed by atoms with Crippen molar-refractivity contribution in [3.63, 3.8) is 0 Å². The van der Waals surface area contributed by atoms with Gasteiger partial charge in [-0.05, 0) is 20.3 Å². The monoisotopic (exact) mass is 366 g/mol. The Labute approximate surface area is 141 Å². The lowest BCUT2D eigenvalue weighted by molar-refractivity contribution is 0.419. The molecule has 0 atom stereocenters. The fraction of sp³-hybridized carbons (Fsp3) is 0.615. The van der Waals surface area contributed by atoms with Crippen LogP contribution in [-0.4, -0.2) is 49.9 Å². The molecule has 2 heterocycles. The van der Waals surface area contributed by atoms with Gasteiger partial charge < -0.3 is 4.90 Å². The SMILES string of the molecule is CC(C)NS(=O)(=O)N1CCCN(c2c(Cl)cncc2Cl)CC1. The molecule has 0 amide bonds. The molecule has 1 saturated heterocycles. The van der Waals surface area contributed by atoms with Crippen LogP contribution < -0.4 is 9.62 Å². The largest absolute Gasteiger partial charge is 0.368 e. The highest BCUT2D eigenvalue weighted by Crippen LogP contribution is 2.33. The summed E-state index contributed by atoms with van der Waals surface area (Å²) < 4.78 is 28.6. The number of halogens is 2. The summed E-state index contributed by atoms with van der Waals surface area (Å²) in [7, 11) is -3.45. The van der Waals surface area contributed by atoms with E-state index in [4.69, 9.17) is 23.2 Å². The van der Waals surface area contributed by atoms with Gasteiger partial charge in [0.25, 0.3) is 10.2 Å². The fourth-order valence-corrected chi connectivity index (χ4v) is 4.48. The van der Waals surface area contributed by atoms with Crippen LogP contribution in [0.15, 0.2) is 12.4 Å². The molecule has 1 aromatic rings. The van der Waals surface area contributed by atoms with Gasteiger partial charge in [0.05, 0.1) is 15.7 Å². The van der Waals surface area contributed by atoms with Gasteiger partial charge in [-0.1, -0.05) is 23.2 Å². The van der Waals surface area contributed by atoms with Crippen LogP contribution in [0, 0.1) is 0 Å². The molecule has 6 nitrogen and oxygen atoms in total. The maximum absolute atomic E-state index is 12.3. The van der Waals surface area contributed by atoms with Crippen molar-refractivity contribution in [3.05, 3.63) is 22.4 Å². The second-order valence-electron chi connectivity index (χ2n) is 5.47. The Balaban J connectivity index is 2.13. The van der Waals surface area contributed by atoms with Crippen molar-refractivity contribution >= 4 is 39.1 Å². The van der Waals surface area contributed by atoms with E-state index in [9.17, 15) is 8.42 Å². The van der Waals surface area contributed by atoms with Gasteiger partial charge in [0.1, 0.15) is 0 Å². The summed E-state index contributed by atoms with van der Waals surface area (Å²) >= 11 is 12.4. The van der Waals surface area contributed by atoms with Crippen molar-refractivity contribution in [1.29, 1.82) is 0 Å². The van der Waals surface area contributed by atoms with E-state index < -0.39 is 10.2 Å². The first-order valence-corrected chi connectivity index (χ1v) is 9.32. The third-order valence-corrected chi connectivity index (χ3v) is 5.69. The molecule has 2 rings (SSSR count). The first-order valence-electron chi connectivity index (χ1n) is 7.12. The second-order valence-corrected chi connectivity index (χ2v) is 7.99. The molecule has 1 aliphatic heterocycles. The molecule has 1 aliphatic rings. The molecule has 0 aliphatic carbocycles. The Kier molecular flexibility index (Phi) is 5.90. The predicted octanol–water partition coefficient (Wildman–Crippen LogP) is 2.14. The predicted molar refractivity (Wildman–Crippen MR) is 89.9 cm³/mol. The van der Waals surface area contributed by atoms with Gasteiger partial charge in [-0.3, -0.25) is 4.98 Å². The maximum atomic E-state index is 12.3. The van der Waals surface area contributed by atoms with E-state index in [0.29, 0.717) is 42.6 Å². The lowest BCUT2D eigenvalue weighted by Crippen LogP contribution is -2.45. The number of anilines is 1. The number of nitrogens with zero attached hydrogens (tertiary/aromatic N) is 3. The average Bonchev–Trinajstić information content (AvgIpc) is 2.63. The highest BCUT2D eigenvalue weighted by atomic mass is 35.5. The normalized spacial score (nSPS) is 17.8. The van der Waals surface area contributed by atoms with Crippen molar-refractivity contribution in [1.82, 2.24) is 14.0 Å². The van der Waals surface area contributed by atoms with Crippen LogP contribution in [0.5, 0.6) is 0 Å². The molecule has 0 spiro atoms. The highest BCUT2D eigenvalue weighted by Gasteiger charge is 2.26. The van der Waals surface area contributed by atoms with E-state index in [1.807, 2.05) is 4.90 Å². The molecule has 0 saturated carbocycles. The second kappa shape index (κ2) is 7.31. The molecule has 0 aromatic carbocycles. The molecule has 22 heavy (non-hydrogen) atoms. The fourth-order valence-electron chi connectivity index (χ4n) is 2.44. The lowest BCUT2D eigenvalue weighted by Gasteiger charge is -2.25. The summed E-state index contributed by atoms with van der Waals surface area (Å²) in [5.41, 5.74) is 0.717. The number of aromatic nitrogens is 1. The van der Waals surface area contributed by atoms with Crippen molar-refractivity contribution < 1.29 is 8.42 Å². The Bertz CT molecular complexity index is 604. The molecular formula is C13H20Cl2N4O2S. The standard InChI is InChI=1S/C13H20Cl2N4O2S/c1-10(2)17-22(20,21)19-5-3-4-18(6-7-19)13-11(14)8-16-9-12(13)15/h8-10,17H,3-7H2,1-2H3. The molecule has 0 unspecified atom stereocenters. The van der Waals surface area contributed by atoms with Gasteiger partial charge in [0, 0.05) is 44.6 Å². The summed E-state index contributed by atoms with van der Waals surface area (Å²) in [5.74, 6) is 0. The molecular weight excluding hydrogens is 347 g/mol. The van der Waals surface area contributed by atoms with Crippen LogP contribution >= 0.6 is 23.2 Å². The first kappa shape index (κ1) is 17.7. The molecule has 1 fully saturated rings. The molecule has 9 heteroatoms. The number of pyridine rings is 1. The van der Waals surface area contributed by atoms with E-state index in [-0.39, 0.29) is 6.04 Å². The highest BCUT2D eigenvalue weighted by molar-refractivity contribution is 7.87. The number of nitrogens with one attached hydrogen (secondary N) is 1. The number of hydrogen-bond donors (Lipinski definition) is 1. The summed E-state index contributed by atoms with van der Waals surface area (Å²) in [6.07, 6.45) is 3.79. The van der Waals surface area contributed by atoms with Crippen LogP contribution in [0.4, 0.5) is 5.69 Å². The molecule has 1 aromatic heterocycles. The Morgan fingerprint density at radius 3 is 2.36 bits per heavy atom. The molecule has 124 valence electrons. The van der Waals surface area contributed by atoms with Gasteiger partial charge in [-0.15, -0.1) is 0 Å². The minimum atomic E-state index is -3.45. The summed E-state index contributed by atoms with van der Waals surface area (Å²) in [6.45, 7) is 5.69. The van der Waals surface area contributed by atoms with Gasteiger partial charge in [0.2, 0.25) is 0 Å². The molecule has 0 radical (unpaired) electrons. The minimum absolute atomic E-state index is 0.131. The number of rotatable bonds is 4. The Morgan fingerprint density at radius 1 is 1.14 bits per heavy atom. The van der Waals surface area contributed by atoms with Crippen LogP contribution in [0.1, 0.15) is 20.3 Å². The first-order chi connectivity index (χ1) is 10.3. The van der Waals surface area contributed by atoms with Crippen molar-refractivity contribution in [3.8, 4) is 0 Å². The maximum Gasteiger partial charge on any atom is 0.279 e. The van der Waals surface area contributed by atoms with Crippen LogP contribution in [0.25, 0.3) is 0 Å². The summed E-state index contributed by atoms with van der Waals surface area (Å²) in [5, 5.41) is 0.952. The summed E-state index contributed by atoms with van der Waals surface area (Å²) in [4.78, 5) is 5.95. The lowest BCUT2D eigenvalue weighted by atomic mass is 10.3. The van der Waals surface area contributed by atoms with E-state index >= 15 is 0 Å². The summed E-state index contributed by atoms with van der Waals surface area (Å²) in [6, 6.07) is -0.131. The van der Waals surface area contributed by atoms with Gasteiger partial charge >= 0.3 is 0 Å². The van der Waals surface area contributed by atoms with Crippen LogP contribution in [-0.2, 0) is 10.2 Å². The number of hydrogen-bond acceptors (Lipinski definition) is 4. The Morgan fingerprint density at radius 2 is 1.77 bits per heavy atom. The van der Waals surface area contributed by atoms with E-state index in [1.165, 1.54) is 4.31 Å². The third kappa shape index (κ3) is 4.23. The topological polar surface area (TPSA) is 65.5 Å². The van der Waals surface area contributed by atoms with Crippen LogP contribution in [0.2, 0.25) is 10.0 Å². The average molecular weight is 367 g/mol. The zero-order chi connectivity index (χ0) is 16.3. The van der Waals surface area contributed by atoms with E-state index in [0.717, 1.165) is 5.69 Å². The van der Waals surface area contributed by atoms with Gasteiger partial charge in [-0.2, -0.15) is 17.4 Å². The molecule has 1 N–H and O–H groups in total. The van der Waals surface area contributed by atoms with Crippen molar-refractivity contribution in [2.75, 3.05) is 31.1 Å². The molecule has 0 bridgehead atoms. The zero-order valence-corrected chi connectivity index (χ0v) is 14.9. The van der Waals surface area contributed by atoms with Crippen molar-refractivity contribution in [2.24, 2.45) is 0 Å². The zero-order valence-electron chi connectivity index (χ0n) is 12.6. The van der Waals surface area contributed by atoms with Gasteiger partial charge in [0.15, 0.2) is 0 Å². The van der Waals surface area contributed by atoms with Crippen LogP contribution in [0.3, 0.4) is 0 Å². The Hall–Kier alpha value is -0.600. The third-order valence-electron chi connectivity index (χ3n) is 3.32. The minimum Gasteiger partial charge on any atom is -0.368 e. The van der Waals surface area contributed by atoms with E-state index in [1.54, 1.807) is 26.2 Å². The quantitative estimate of drug-likeness (QED) is 0.886. The van der Waals surface area contributed by atoms with Gasteiger partial charge in [-0.25, -0.2) is 0 Å².